The first-order valence-corrected chi connectivity index (χ1v) is 4.76. The quantitative estimate of drug-likeness (QED) is 0.481. The molecule has 0 aliphatic rings. The van der Waals surface area contributed by atoms with Crippen LogP contribution in [0.25, 0.3) is 11.3 Å². The first kappa shape index (κ1) is 9.80. The fourth-order valence-electron chi connectivity index (χ4n) is 1.29. The second kappa shape index (κ2) is 4.19. The zero-order chi connectivity index (χ0) is 10.7. The lowest BCUT2D eigenvalue weighted by atomic mass is 10.2. The molecule has 0 radical (unpaired) electrons. The van der Waals surface area contributed by atoms with Crippen LogP contribution >= 0.6 is 11.6 Å². The maximum atomic E-state index is 5.87. The number of halogens is 1. The SMILES string of the molecule is NN=Cc1ccc(-c2cccc(Cl)c2)o1. The van der Waals surface area contributed by atoms with E-state index in [2.05, 4.69) is 5.10 Å². The monoisotopic (exact) mass is 220 g/mol. The van der Waals surface area contributed by atoms with Crippen LogP contribution in [-0.4, -0.2) is 6.21 Å². The molecule has 3 nitrogen and oxygen atoms in total. The van der Waals surface area contributed by atoms with Crippen LogP contribution in [0.4, 0.5) is 0 Å². The maximum absolute atomic E-state index is 5.87. The lowest BCUT2D eigenvalue weighted by Crippen LogP contribution is -1.82. The number of furan rings is 1. The standard InChI is InChI=1S/C11H9ClN2O/c12-9-3-1-2-8(6-9)11-5-4-10(15-11)7-14-13/h1-7H,13H2. The molecule has 0 atom stereocenters. The largest absolute Gasteiger partial charge is 0.455 e. The number of benzene rings is 1. The molecule has 0 unspecified atom stereocenters. The Balaban J connectivity index is 2.37. The number of rotatable bonds is 2. The third-order valence-corrected chi connectivity index (χ3v) is 2.17. The molecule has 1 heterocycles. The van der Waals surface area contributed by atoms with Crippen molar-refractivity contribution in [1.82, 2.24) is 0 Å². The van der Waals surface area contributed by atoms with E-state index in [1.54, 1.807) is 6.07 Å². The Hall–Kier alpha value is -1.74. The van der Waals surface area contributed by atoms with E-state index in [1.165, 1.54) is 6.21 Å². The van der Waals surface area contributed by atoms with Crippen LogP contribution in [-0.2, 0) is 0 Å². The zero-order valence-electron chi connectivity index (χ0n) is 7.85. The van der Waals surface area contributed by atoms with Gasteiger partial charge in [0.2, 0.25) is 0 Å². The van der Waals surface area contributed by atoms with Crippen molar-refractivity contribution in [3.8, 4) is 11.3 Å². The van der Waals surface area contributed by atoms with Gasteiger partial charge in [0.1, 0.15) is 11.5 Å². The fourth-order valence-corrected chi connectivity index (χ4v) is 1.48. The normalized spacial score (nSPS) is 11.0. The molecule has 2 rings (SSSR count). The van der Waals surface area contributed by atoms with E-state index in [0.717, 1.165) is 11.3 Å². The van der Waals surface area contributed by atoms with Gasteiger partial charge in [-0.15, -0.1) is 0 Å². The molecule has 76 valence electrons. The van der Waals surface area contributed by atoms with Crippen molar-refractivity contribution < 1.29 is 4.42 Å². The van der Waals surface area contributed by atoms with Crippen LogP contribution in [0.2, 0.25) is 5.02 Å². The second-order valence-electron chi connectivity index (χ2n) is 2.99. The molecule has 0 aliphatic carbocycles. The second-order valence-corrected chi connectivity index (χ2v) is 3.43. The minimum atomic E-state index is 0.618. The predicted molar refractivity (Wildman–Crippen MR) is 60.9 cm³/mol. The molecule has 2 aromatic rings. The van der Waals surface area contributed by atoms with Gasteiger partial charge in [0.05, 0.1) is 6.21 Å². The summed E-state index contributed by atoms with van der Waals surface area (Å²) in [5.74, 6) is 6.38. The van der Waals surface area contributed by atoms with Gasteiger partial charge >= 0.3 is 0 Å². The molecule has 0 fully saturated rings. The Morgan fingerprint density at radius 1 is 1.27 bits per heavy atom. The summed E-state index contributed by atoms with van der Waals surface area (Å²) < 4.78 is 5.48. The van der Waals surface area contributed by atoms with Crippen molar-refractivity contribution >= 4 is 17.8 Å². The third kappa shape index (κ3) is 2.19. The summed E-state index contributed by atoms with van der Waals surface area (Å²) in [7, 11) is 0. The van der Waals surface area contributed by atoms with Gasteiger partial charge < -0.3 is 10.3 Å². The van der Waals surface area contributed by atoms with Crippen molar-refractivity contribution in [3.05, 3.63) is 47.2 Å². The van der Waals surface area contributed by atoms with Gasteiger partial charge in [0, 0.05) is 10.6 Å². The molecule has 0 bridgehead atoms. The average molecular weight is 221 g/mol. The number of nitrogens with zero attached hydrogens (tertiary/aromatic N) is 1. The molecule has 15 heavy (non-hydrogen) atoms. The lowest BCUT2D eigenvalue weighted by Gasteiger charge is -1.96. The van der Waals surface area contributed by atoms with Crippen molar-refractivity contribution in [3.63, 3.8) is 0 Å². The number of hydrogen-bond acceptors (Lipinski definition) is 3. The van der Waals surface area contributed by atoms with Crippen LogP contribution in [0.1, 0.15) is 5.76 Å². The van der Waals surface area contributed by atoms with E-state index in [-0.39, 0.29) is 0 Å². The molecular formula is C11H9ClN2O. The van der Waals surface area contributed by atoms with Crippen LogP contribution in [0.15, 0.2) is 45.9 Å². The molecular weight excluding hydrogens is 212 g/mol. The Bertz CT molecular complexity index is 491. The topological polar surface area (TPSA) is 51.5 Å². The summed E-state index contributed by atoms with van der Waals surface area (Å²) >= 11 is 5.87. The highest BCUT2D eigenvalue weighted by molar-refractivity contribution is 6.30. The number of nitrogens with two attached hydrogens (primary N) is 1. The van der Waals surface area contributed by atoms with Gasteiger partial charge in [-0.3, -0.25) is 0 Å². The van der Waals surface area contributed by atoms with E-state index in [1.807, 2.05) is 30.3 Å². The van der Waals surface area contributed by atoms with Gasteiger partial charge in [-0.1, -0.05) is 23.7 Å². The first-order valence-electron chi connectivity index (χ1n) is 4.38. The number of hydrazone groups is 1. The van der Waals surface area contributed by atoms with Crippen LogP contribution < -0.4 is 5.84 Å². The highest BCUT2D eigenvalue weighted by atomic mass is 35.5. The van der Waals surface area contributed by atoms with Gasteiger partial charge in [0.25, 0.3) is 0 Å². The highest BCUT2D eigenvalue weighted by Gasteiger charge is 2.03. The van der Waals surface area contributed by atoms with E-state index >= 15 is 0 Å². The van der Waals surface area contributed by atoms with Crippen molar-refractivity contribution in [2.24, 2.45) is 10.9 Å². The van der Waals surface area contributed by atoms with Crippen molar-refractivity contribution in [1.29, 1.82) is 0 Å². The van der Waals surface area contributed by atoms with Crippen LogP contribution in [0, 0.1) is 0 Å². The summed E-state index contributed by atoms with van der Waals surface area (Å²) in [4.78, 5) is 0. The Kier molecular flexibility index (Phi) is 2.74. The van der Waals surface area contributed by atoms with Gasteiger partial charge in [0.15, 0.2) is 0 Å². The predicted octanol–water partition coefficient (Wildman–Crippen LogP) is 2.89. The average Bonchev–Trinajstić information content (AvgIpc) is 2.67. The van der Waals surface area contributed by atoms with Crippen molar-refractivity contribution in [2.75, 3.05) is 0 Å². The van der Waals surface area contributed by atoms with Crippen molar-refractivity contribution in [2.45, 2.75) is 0 Å². The van der Waals surface area contributed by atoms with Gasteiger partial charge in [-0.05, 0) is 24.3 Å². The Morgan fingerprint density at radius 2 is 2.13 bits per heavy atom. The Labute approximate surface area is 92.2 Å². The fraction of sp³-hybridized carbons (Fsp3) is 0. The molecule has 1 aromatic heterocycles. The van der Waals surface area contributed by atoms with E-state index in [4.69, 9.17) is 21.9 Å². The van der Waals surface area contributed by atoms with E-state index < -0.39 is 0 Å². The molecule has 4 heteroatoms. The van der Waals surface area contributed by atoms with Gasteiger partial charge in [-0.2, -0.15) is 5.10 Å². The summed E-state index contributed by atoms with van der Waals surface area (Å²) in [6.07, 6.45) is 1.45. The number of hydrogen-bond donors (Lipinski definition) is 1. The zero-order valence-corrected chi connectivity index (χ0v) is 8.61. The highest BCUT2D eigenvalue weighted by Crippen LogP contribution is 2.24. The van der Waals surface area contributed by atoms with Crippen LogP contribution in [0.5, 0.6) is 0 Å². The smallest absolute Gasteiger partial charge is 0.147 e. The minimum Gasteiger partial charge on any atom is -0.455 e. The van der Waals surface area contributed by atoms with E-state index in [0.29, 0.717) is 10.8 Å². The summed E-state index contributed by atoms with van der Waals surface area (Å²) in [6, 6.07) is 11.1. The summed E-state index contributed by atoms with van der Waals surface area (Å²) in [5.41, 5.74) is 0.930. The minimum absolute atomic E-state index is 0.618. The molecule has 0 saturated carbocycles. The van der Waals surface area contributed by atoms with Gasteiger partial charge in [-0.25, -0.2) is 0 Å². The lowest BCUT2D eigenvalue weighted by molar-refractivity contribution is 0.575. The summed E-state index contributed by atoms with van der Waals surface area (Å²) in [6.45, 7) is 0. The van der Waals surface area contributed by atoms with Crippen LogP contribution in [0.3, 0.4) is 0 Å². The third-order valence-electron chi connectivity index (χ3n) is 1.94. The molecule has 0 saturated heterocycles. The molecule has 1 aromatic carbocycles. The first-order chi connectivity index (χ1) is 7.29. The molecule has 0 spiro atoms. The Morgan fingerprint density at radius 3 is 2.87 bits per heavy atom. The maximum Gasteiger partial charge on any atom is 0.147 e. The molecule has 0 aliphatic heterocycles. The summed E-state index contributed by atoms with van der Waals surface area (Å²) in [5, 5.41) is 4.06. The molecule has 2 N–H and O–H groups in total. The van der Waals surface area contributed by atoms with E-state index in [9.17, 15) is 0 Å². The molecule has 0 amide bonds.